The Hall–Kier alpha value is -3.14. The van der Waals surface area contributed by atoms with Gasteiger partial charge in [-0.15, -0.1) is 0 Å². The van der Waals surface area contributed by atoms with Crippen LogP contribution in [0.2, 0.25) is 0 Å². The molecule has 0 aliphatic rings. The molecule has 0 fully saturated rings. The van der Waals surface area contributed by atoms with Crippen molar-refractivity contribution in [3.63, 3.8) is 0 Å². The van der Waals surface area contributed by atoms with Gasteiger partial charge in [-0.05, 0) is 23.8 Å². The number of methoxy groups -OCH3 is 3. The number of ether oxygens (including phenoxy) is 5. The smallest absolute Gasteiger partial charge is 0.348 e. The van der Waals surface area contributed by atoms with Gasteiger partial charge in [-0.2, -0.15) is 5.26 Å². The molecule has 7 nitrogen and oxygen atoms in total. The molecule has 0 bridgehead atoms. The van der Waals surface area contributed by atoms with E-state index in [0.29, 0.717) is 29.4 Å². The fourth-order valence-corrected chi connectivity index (χ4v) is 1.81. The van der Waals surface area contributed by atoms with Gasteiger partial charge in [0.1, 0.15) is 24.9 Å². The van der Waals surface area contributed by atoms with E-state index in [4.69, 9.17) is 24.2 Å². The van der Waals surface area contributed by atoms with Gasteiger partial charge >= 0.3 is 5.97 Å². The Morgan fingerprint density at radius 3 is 2.29 bits per heavy atom. The summed E-state index contributed by atoms with van der Waals surface area (Å²) in [5.74, 6) is 0.446. The number of nitrogens with zero attached hydrogens (tertiary/aromatic N) is 1. The van der Waals surface area contributed by atoms with Crippen molar-refractivity contribution in [2.24, 2.45) is 0 Å². The van der Waals surface area contributed by atoms with Crippen molar-refractivity contribution in [2.45, 2.75) is 0 Å². The fraction of sp³-hybridized carbons (Fsp3) is 0.294. The molecule has 128 valence electrons. The van der Waals surface area contributed by atoms with Crippen molar-refractivity contribution in [3.05, 3.63) is 36.1 Å². The summed E-state index contributed by atoms with van der Waals surface area (Å²) in [5.41, 5.74) is 0.384. The molecule has 1 aromatic rings. The lowest BCUT2D eigenvalue weighted by Crippen LogP contribution is -2.06. The van der Waals surface area contributed by atoms with Crippen LogP contribution in [0.5, 0.6) is 17.2 Å². The van der Waals surface area contributed by atoms with Crippen molar-refractivity contribution in [1.82, 2.24) is 0 Å². The van der Waals surface area contributed by atoms with Crippen LogP contribution in [0.4, 0.5) is 0 Å². The third-order valence-corrected chi connectivity index (χ3v) is 2.89. The first-order chi connectivity index (χ1) is 11.6. The van der Waals surface area contributed by atoms with E-state index >= 15 is 0 Å². The maximum Gasteiger partial charge on any atom is 0.348 e. The Labute approximate surface area is 140 Å². The zero-order chi connectivity index (χ0) is 17.9. The second kappa shape index (κ2) is 9.79. The molecule has 0 amide bonds. The van der Waals surface area contributed by atoms with E-state index in [9.17, 15) is 4.79 Å². The number of rotatable bonds is 9. The van der Waals surface area contributed by atoms with E-state index in [0.717, 1.165) is 0 Å². The van der Waals surface area contributed by atoms with Crippen molar-refractivity contribution in [1.29, 1.82) is 5.26 Å². The highest BCUT2D eigenvalue weighted by atomic mass is 16.6. The first kappa shape index (κ1) is 18.9. The number of carbonyl (C=O) groups excluding carboxylic acids is 1. The van der Waals surface area contributed by atoms with Crippen LogP contribution in [0.15, 0.2) is 30.5 Å². The minimum atomic E-state index is -0.725. The third kappa shape index (κ3) is 4.95. The van der Waals surface area contributed by atoms with E-state index in [2.05, 4.69) is 11.3 Å². The number of nitriles is 1. The lowest BCUT2D eigenvalue weighted by molar-refractivity contribution is -0.135. The fourth-order valence-electron chi connectivity index (χ4n) is 1.81. The van der Waals surface area contributed by atoms with Crippen LogP contribution in [0.3, 0.4) is 0 Å². The first-order valence-electron chi connectivity index (χ1n) is 6.92. The van der Waals surface area contributed by atoms with Crippen LogP contribution in [0.1, 0.15) is 5.56 Å². The Morgan fingerprint density at radius 2 is 1.83 bits per heavy atom. The van der Waals surface area contributed by atoms with Crippen LogP contribution >= 0.6 is 0 Å². The Kier molecular flexibility index (Phi) is 7.71. The van der Waals surface area contributed by atoms with Crippen LogP contribution in [0, 0.1) is 11.3 Å². The number of hydrogen-bond acceptors (Lipinski definition) is 7. The van der Waals surface area contributed by atoms with Gasteiger partial charge in [0.25, 0.3) is 0 Å². The summed E-state index contributed by atoms with van der Waals surface area (Å²) in [6.45, 7) is 4.02. The molecule has 0 heterocycles. The average molecular weight is 333 g/mol. The molecule has 7 heteroatoms. The van der Waals surface area contributed by atoms with Gasteiger partial charge in [-0.3, -0.25) is 0 Å². The minimum Gasteiger partial charge on any atom is -0.498 e. The summed E-state index contributed by atoms with van der Waals surface area (Å²) in [7, 11) is 4.15. The molecule has 1 aromatic carbocycles. The highest BCUT2D eigenvalue weighted by molar-refractivity contribution is 5.98. The summed E-state index contributed by atoms with van der Waals surface area (Å²) in [6.07, 6.45) is 2.70. The van der Waals surface area contributed by atoms with Crippen LogP contribution in [-0.2, 0) is 14.3 Å². The lowest BCUT2D eigenvalue weighted by Gasteiger charge is -2.15. The average Bonchev–Trinajstić information content (AvgIpc) is 2.62. The maximum absolute atomic E-state index is 11.5. The number of benzene rings is 1. The lowest BCUT2D eigenvalue weighted by atomic mass is 10.1. The first-order valence-corrected chi connectivity index (χ1v) is 6.92. The molecule has 0 N–H and O–H groups in total. The van der Waals surface area contributed by atoms with Crippen molar-refractivity contribution >= 4 is 12.0 Å². The number of esters is 1. The van der Waals surface area contributed by atoms with Crippen molar-refractivity contribution in [3.8, 4) is 23.3 Å². The third-order valence-electron chi connectivity index (χ3n) is 2.89. The van der Waals surface area contributed by atoms with Gasteiger partial charge < -0.3 is 23.7 Å². The molecular formula is C17H19NO6. The van der Waals surface area contributed by atoms with Gasteiger partial charge in [0, 0.05) is 0 Å². The molecule has 0 aromatic heterocycles. The van der Waals surface area contributed by atoms with E-state index in [1.165, 1.54) is 33.7 Å². The molecule has 1 rings (SSSR count). The van der Waals surface area contributed by atoms with E-state index in [1.54, 1.807) is 18.2 Å². The zero-order valence-electron chi connectivity index (χ0n) is 13.8. The largest absolute Gasteiger partial charge is 0.498 e. The topological polar surface area (TPSA) is 87.0 Å². The van der Waals surface area contributed by atoms with Gasteiger partial charge in [-0.25, -0.2) is 4.79 Å². The Bertz CT molecular complexity index is 635. The van der Waals surface area contributed by atoms with Crippen molar-refractivity contribution < 1.29 is 28.5 Å². The van der Waals surface area contributed by atoms with E-state index in [1.807, 2.05) is 0 Å². The van der Waals surface area contributed by atoms with Gasteiger partial charge in [0.2, 0.25) is 5.75 Å². The molecule has 24 heavy (non-hydrogen) atoms. The summed E-state index contributed by atoms with van der Waals surface area (Å²) in [4.78, 5) is 11.5. The Morgan fingerprint density at radius 1 is 1.21 bits per heavy atom. The predicted molar refractivity (Wildman–Crippen MR) is 86.8 cm³/mol. The van der Waals surface area contributed by atoms with E-state index in [-0.39, 0.29) is 12.2 Å². The molecule has 0 unspecified atom stereocenters. The standard InChI is InChI=1S/C17H19NO6/c1-5-23-6-7-24-16-14(20-2)9-12(10-15(16)21-3)8-13(11-18)17(19)22-4/h5,8-10H,1,6-7H2,2-4H3. The quantitative estimate of drug-likeness (QED) is 0.225. The van der Waals surface area contributed by atoms with Crippen LogP contribution in [-0.4, -0.2) is 40.5 Å². The van der Waals surface area contributed by atoms with Crippen molar-refractivity contribution in [2.75, 3.05) is 34.5 Å². The second-order valence-electron chi connectivity index (χ2n) is 4.30. The van der Waals surface area contributed by atoms with Gasteiger partial charge in [0.15, 0.2) is 11.5 Å². The molecule has 0 aliphatic heterocycles. The maximum atomic E-state index is 11.5. The van der Waals surface area contributed by atoms with Gasteiger partial charge in [-0.1, -0.05) is 6.58 Å². The summed E-state index contributed by atoms with van der Waals surface area (Å²) >= 11 is 0. The highest BCUT2D eigenvalue weighted by Gasteiger charge is 2.15. The second-order valence-corrected chi connectivity index (χ2v) is 4.30. The van der Waals surface area contributed by atoms with E-state index < -0.39 is 5.97 Å². The molecule has 0 saturated heterocycles. The van der Waals surface area contributed by atoms with Crippen LogP contribution < -0.4 is 14.2 Å². The summed E-state index contributed by atoms with van der Waals surface area (Å²) in [5, 5.41) is 9.03. The summed E-state index contributed by atoms with van der Waals surface area (Å²) in [6, 6.07) is 5.02. The molecule has 0 saturated carbocycles. The number of carbonyl (C=O) groups is 1. The Balaban J connectivity index is 3.18. The molecule has 0 atom stereocenters. The zero-order valence-corrected chi connectivity index (χ0v) is 13.8. The highest BCUT2D eigenvalue weighted by Crippen LogP contribution is 2.39. The van der Waals surface area contributed by atoms with Crippen LogP contribution in [0.25, 0.3) is 6.08 Å². The molecule has 0 aliphatic carbocycles. The van der Waals surface area contributed by atoms with Gasteiger partial charge in [0.05, 0.1) is 27.6 Å². The predicted octanol–water partition coefficient (Wildman–Crippen LogP) is 2.32. The normalized spacial score (nSPS) is 10.3. The SMILES string of the molecule is C=COCCOc1c(OC)cc(C=C(C#N)C(=O)OC)cc1OC. The summed E-state index contributed by atoms with van der Waals surface area (Å²) < 4.78 is 25.7. The molecule has 0 spiro atoms. The molecule has 0 radical (unpaired) electrons. The monoisotopic (exact) mass is 333 g/mol. The number of hydrogen-bond donors (Lipinski definition) is 0. The minimum absolute atomic E-state index is 0.144. The molecular weight excluding hydrogens is 314 g/mol.